The molecule has 2 aromatic heterocycles. The summed E-state index contributed by atoms with van der Waals surface area (Å²) < 4.78 is 50.2. The molecule has 0 bridgehead atoms. The Morgan fingerprint density at radius 2 is 2.00 bits per heavy atom. The molecular formula is C20H19F3N6O4. The van der Waals surface area contributed by atoms with Crippen LogP contribution in [0, 0.1) is 0 Å². The highest BCUT2D eigenvalue weighted by molar-refractivity contribution is 5.98. The maximum atomic E-state index is 12.8. The number of nitrogens with two attached hydrogens (primary N) is 1. The first kappa shape index (κ1) is 23.7. The molecular weight excluding hydrogens is 445 g/mol. The van der Waals surface area contributed by atoms with Crippen LogP contribution in [0.3, 0.4) is 0 Å². The third-order valence-corrected chi connectivity index (χ3v) is 4.24. The average Bonchev–Trinajstić information content (AvgIpc) is 3.31. The minimum absolute atomic E-state index is 0.0280. The fraction of sp³-hybridized carbons (Fsp3) is 0.250. The number of carbonyl (C=O) groups excluding carboxylic acids is 2. The zero-order chi connectivity index (χ0) is 23.8. The predicted molar refractivity (Wildman–Crippen MR) is 107 cm³/mol. The van der Waals surface area contributed by atoms with Crippen LogP contribution in [0.4, 0.5) is 13.2 Å². The van der Waals surface area contributed by atoms with Crippen LogP contribution in [0.5, 0.6) is 11.6 Å². The number of esters is 1. The molecule has 1 amide bonds. The van der Waals surface area contributed by atoms with E-state index in [1.807, 2.05) is 0 Å². The smallest absolute Gasteiger partial charge is 0.473 e. The second kappa shape index (κ2) is 10.5. The van der Waals surface area contributed by atoms with Crippen molar-refractivity contribution in [1.29, 1.82) is 0 Å². The molecule has 0 saturated carbocycles. The maximum absolute atomic E-state index is 12.8. The van der Waals surface area contributed by atoms with Gasteiger partial charge in [-0.25, -0.2) is 14.8 Å². The number of rotatable bonds is 9. The molecule has 174 valence electrons. The topological polar surface area (TPSA) is 134 Å². The minimum atomic E-state index is -5.26. The Kier molecular flexibility index (Phi) is 7.56. The number of nitrogens with zero attached hydrogens (tertiary/aromatic N) is 4. The zero-order valence-corrected chi connectivity index (χ0v) is 17.1. The number of hydrogen-bond acceptors (Lipinski definition) is 8. The zero-order valence-electron chi connectivity index (χ0n) is 17.1. The Labute approximate surface area is 185 Å². The molecule has 0 aliphatic carbocycles. The molecule has 2 heterocycles. The van der Waals surface area contributed by atoms with E-state index < -0.39 is 23.8 Å². The van der Waals surface area contributed by atoms with Gasteiger partial charge in [0.2, 0.25) is 5.88 Å². The van der Waals surface area contributed by atoms with E-state index in [4.69, 9.17) is 10.5 Å². The summed E-state index contributed by atoms with van der Waals surface area (Å²) in [6.07, 6.45) is -0.798. The monoisotopic (exact) mass is 464 g/mol. The molecule has 0 aliphatic rings. The van der Waals surface area contributed by atoms with E-state index in [1.165, 1.54) is 30.6 Å². The van der Waals surface area contributed by atoms with Gasteiger partial charge in [0.05, 0.1) is 17.8 Å². The lowest BCUT2D eigenvalue weighted by Crippen LogP contribution is -2.31. The third kappa shape index (κ3) is 6.49. The largest absolute Gasteiger partial charge is 0.491 e. The van der Waals surface area contributed by atoms with Gasteiger partial charge in [-0.3, -0.25) is 9.48 Å². The molecule has 0 fully saturated rings. The second-order valence-electron chi connectivity index (χ2n) is 6.55. The van der Waals surface area contributed by atoms with Crippen LogP contribution >= 0.6 is 0 Å². The first-order chi connectivity index (χ1) is 15.8. The van der Waals surface area contributed by atoms with E-state index in [9.17, 15) is 22.8 Å². The van der Waals surface area contributed by atoms with E-state index >= 15 is 0 Å². The van der Waals surface area contributed by atoms with Crippen molar-refractivity contribution in [2.24, 2.45) is 5.73 Å². The highest BCUT2D eigenvalue weighted by Crippen LogP contribution is 2.28. The molecule has 0 unspecified atom stereocenters. The van der Waals surface area contributed by atoms with Gasteiger partial charge in [-0.15, -0.1) is 0 Å². The van der Waals surface area contributed by atoms with Crippen LogP contribution in [0.2, 0.25) is 0 Å². The van der Waals surface area contributed by atoms with E-state index in [0.717, 1.165) is 0 Å². The summed E-state index contributed by atoms with van der Waals surface area (Å²) in [6, 6.07) is 7.19. The molecule has 0 aliphatic heterocycles. The molecule has 10 nitrogen and oxygen atoms in total. The first-order valence-corrected chi connectivity index (χ1v) is 9.58. The Bertz CT molecular complexity index is 1110. The van der Waals surface area contributed by atoms with Crippen LogP contribution < -0.4 is 20.5 Å². The van der Waals surface area contributed by atoms with Crippen LogP contribution in [0.1, 0.15) is 21.6 Å². The van der Waals surface area contributed by atoms with Gasteiger partial charge in [-0.05, 0) is 12.1 Å². The number of aromatic nitrogens is 4. The molecule has 33 heavy (non-hydrogen) atoms. The Morgan fingerprint density at radius 1 is 1.18 bits per heavy atom. The van der Waals surface area contributed by atoms with Crippen molar-refractivity contribution >= 4 is 11.9 Å². The highest BCUT2D eigenvalue weighted by Gasteiger charge is 2.42. The number of nitrogens with one attached hydrogen (secondary N) is 1. The molecule has 3 rings (SSSR count). The summed E-state index contributed by atoms with van der Waals surface area (Å²) in [7, 11) is 0. The van der Waals surface area contributed by atoms with Crippen LogP contribution in [0.25, 0.3) is 0 Å². The Hall–Kier alpha value is -4.00. The molecule has 3 N–H and O–H groups in total. The third-order valence-electron chi connectivity index (χ3n) is 4.24. The van der Waals surface area contributed by atoms with Gasteiger partial charge in [0.1, 0.15) is 12.9 Å². The molecule has 0 atom stereocenters. The number of ether oxygens (including phenoxy) is 2. The van der Waals surface area contributed by atoms with E-state index in [-0.39, 0.29) is 36.7 Å². The molecule has 3 aromatic rings. The summed E-state index contributed by atoms with van der Waals surface area (Å²) in [5.74, 6) is -3.66. The van der Waals surface area contributed by atoms with Crippen molar-refractivity contribution in [2.45, 2.75) is 25.9 Å². The normalized spacial score (nSPS) is 11.2. The standard InChI is InChI=1S/C20H19F3N6O4/c21-20(22,23)19(31)33-17-13(11-32-16-9-14(10-24)26-12-27-16)3-1-4-15(17)18(30)25-6-8-29-7-2-5-28-29/h1-5,7,9,12H,6,8,10-11,24H2,(H,25,30). The van der Waals surface area contributed by atoms with Gasteiger partial charge in [0, 0.05) is 37.1 Å². The first-order valence-electron chi connectivity index (χ1n) is 9.58. The van der Waals surface area contributed by atoms with Gasteiger partial charge >= 0.3 is 12.1 Å². The van der Waals surface area contributed by atoms with Crippen molar-refractivity contribution in [3.8, 4) is 11.6 Å². The van der Waals surface area contributed by atoms with Gasteiger partial charge < -0.3 is 20.5 Å². The highest BCUT2D eigenvalue weighted by atomic mass is 19.4. The Morgan fingerprint density at radius 3 is 2.70 bits per heavy atom. The maximum Gasteiger partial charge on any atom is 0.491 e. The number of amides is 1. The number of halogens is 3. The molecule has 0 radical (unpaired) electrons. The summed E-state index contributed by atoms with van der Waals surface area (Å²) in [6.45, 7) is 0.254. The quantitative estimate of drug-likeness (QED) is 0.360. The van der Waals surface area contributed by atoms with Crippen LogP contribution in [0.15, 0.2) is 49.1 Å². The number of benzene rings is 1. The van der Waals surface area contributed by atoms with Gasteiger partial charge in [-0.1, -0.05) is 12.1 Å². The van der Waals surface area contributed by atoms with Crippen LogP contribution in [-0.4, -0.2) is 44.3 Å². The van der Waals surface area contributed by atoms with E-state index in [0.29, 0.717) is 12.2 Å². The van der Waals surface area contributed by atoms with E-state index in [1.54, 1.807) is 23.1 Å². The molecule has 0 saturated heterocycles. The van der Waals surface area contributed by atoms with Crippen molar-refractivity contribution in [3.05, 3.63) is 65.9 Å². The number of hydrogen-bond donors (Lipinski definition) is 2. The van der Waals surface area contributed by atoms with Gasteiger partial charge in [0.25, 0.3) is 5.91 Å². The summed E-state index contributed by atoms with van der Waals surface area (Å²) in [5.41, 5.74) is 5.75. The van der Waals surface area contributed by atoms with Gasteiger partial charge in [-0.2, -0.15) is 18.3 Å². The van der Waals surface area contributed by atoms with Crippen molar-refractivity contribution in [2.75, 3.05) is 6.54 Å². The lowest BCUT2D eigenvalue weighted by Gasteiger charge is -2.16. The summed E-state index contributed by atoms with van der Waals surface area (Å²) in [4.78, 5) is 32.0. The summed E-state index contributed by atoms with van der Waals surface area (Å²) in [5, 5.41) is 6.54. The number of carbonyl (C=O) groups is 2. The number of alkyl halides is 3. The fourth-order valence-electron chi connectivity index (χ4n) is 2.68. The SMILES string of the molecule is NCc1cc(OCc2cccc(C(=O)NCCn3cccn3)c2OC(=O)C(F)(F)F)ncn1. The Balaban J connectivity index is 1.81. The molecule has 0 spiro atoms. The van der Waals surface area contributed by atoms with Crippen molar-refractivity contribution in [3.63, 3.8) is 0 Å². The lowest BCUT2D eigenvalue weighted by atomic mass is 10.1. The number of para-hydroxylation sites is 1. The average molecular weight is 464 g/mol. The predicted octanol–water partition coefficient (Wildman–Crippen LogP) is 1.61. The lowest BCUT2D eigenvalue weighted by molar-refractivity contribution is -0.189. The van der Waals surface area contributed by atoms with Gasteiger partial charge in [0.15, 0.2) is 5.75 Å². The molecule has 13 heteroatoms. The second-order valence-corrected chi connectivity index (χ2v) is 6.55. The van der Waals surface area contributed by atoms with E-state index in [2.05, 4.69) is 25.1 Å². The van der Waals surface area contributed by atoms with Crippen molar-refractivity contribution in [1.82, 2.24) is 25.1 Å². The van der Waals surface area contributed by atoms with Crippen molar-refractivity contribution < 1.29 is 32.2 Å². The molecule has 1 aromatic carbocycles. The van der Waals surface area contributed by atoms with Crippen LogP contribution in [-0.2, 0) is 24.5 Å². The fourth-order valence-corrected chi connectivity index (χ4v) is 2.68. The summed E-state index contributed by atoms with van der Waals surface area (Å²) >= 11 is 0. The minimum Gasteiger partial charge on any atom is -0.473 e.